The van der Waals surface area contributed by atoms with Gasteiger partial charge >= 0.3 is 0 Å². The number of hydrogen-bond acceptors (Lipinski definition) is 4. The molecule has 94 valence electrons. The van der Waals surface area contributed by atoms with Crippen molar-refractivity contribution in [2.75, 3.05) is 0 Å². The smallest absolute Gasteiger partial charge is 0.287 e. The maximum atomic E-state index is 11.8. The number of nitrogens with two attached hydrogens (primary N) is 2. The molecule has 2 rings (SSSR count). The molecule has 0 bridgehead atoms. The van der Waals surface area contributed by atoms with Crippen LogP contribution in [0, 0.1) is 0 Å². The van der Waals surface area contributed by atoms with E-state index in [1.165, 1.54) is 0 Å². The van der Waals surface area contributed by atoms with Gasteiger partial charge in [-0.15, -0.1) is 0 Å². The Morgan fingerprint density at radius 3 is 2.65 bits per heavy atom. The number of furan rings is 1. The van der Waals surface area contributed by atoms with Crippen LogP contribution < -0.4 is 16.8 Å². The summed E-state index contributed by atoms with van der Waals surface area (Å²) in [4.78, 5) is 11.8. The number of nitrogens with one attached hydrogen (secondary N) is 1. The zero-order valence-electron chi connectivity index (χ0n) is 9.82. The van der Waals surface area contributed by atoms with Gasteiger partial charge in [0.1, 0.15) is 5.76 Å². The van der Waals surface area contributed by atoms with E-state index in [9.17, 15) is 4.79 Å². The van der Waals surface area contributed by atoms with Gasteiger partial charge in [0.25, 0.3) is 5.91 Å². The first kappa shape index (κ1) is 12.1. The Hall–Kier alpha value is -1.33. The fourth-order valence-electron chi connectivity index (χ4n) is 2.13. The van der Waals surface area contributed by atoms with Crippen LogP contribution in [0.1, 0.15) is 42.0 Å². The van der Waals surface area contributed by atoms with Crippen LogP contribution in [0.15, 0.2) is 16.5 Å². The Balaban J connectivity index is 1.88. The summed E-state index contributed by atoms with van der Waals surface area (Å²) in [6.45, 7) is 0.311. The summed E-state index contributed by atoms with van der Waals surface area (Å²) in [6.07, 6.45) is 3.82. The lowest BCUT2D eigenvalue weighted by Crippen LogP contribution is -2.40. The van der Waals surface area contributed by atoms with Gasteiger partial charge in [-0.1, -0.05) is 0 Å². The lowest BCUT2D eigenvalue weighted by atomic mass is 9.92. The number of amides is 1. The average molecular weight is 237 g/mol. The van der Waals surface area contributed by atoms with Crippen molar-refractivity contribution in [1.29, 1.82) is 0 Å². The highest BCUT2D eigenvalue weighted by molar-refractivity contribution is 5.91. The van der Waals surface area contributed by atoms with E-state index >= 15 is 0 Å². The van der Waals surface area contributed by atoms with E-state index in [1.54, 1.807) is 12.1 Å². The average Bonchev–Trinajstić information content (AvgIpc) is 2.81. The molecule has 1 aliphatic carbocycles. The standard InChI is InChI=1S/C12H19N3O2/c13-7-10-5-6-11(17-10)12(16)15-9-3-1-8(14)2-4-9/h5-6,8-9H,1-4,7,13-14H2,(H,15,16). The van der Waals surface area contributed by atoms with Crippen molar-refractivity contribution in [1.82, 2.24) is 5.32 Å². The monoisotopic (exact) mass is 237 g/mol. The molecule has 1 saturated carbocycles. The van der Waals surface area contributed by atoms with Gasteiger partial charge in [0.15, 0.2) is 5.76 Å². The summed E-state index contributed by atoms with van der Waals surface area (Å²) in [6, 6.07) is 3.89. The molecule has 1 amide bonds. The maximum Gasteiger partial charge on any atom is 0.287 e. The summed E-state index contributed by atoms with van der Waals surface area (Å²) in [5, 5.41) is 2.96. The number of carbonyl (C=O) groups is 1. The minimum absolute atomic E-state index is 0.162. The molecule has 17 heavy (non-hydrogen) atoms. The van der Waals surface area contributed by atoms with Crippen molar-refractivity contribution < 1.29 is 9.21 Å². The van der Waals surface area contributed by atoms with Gasteiger partial charge in [-0.2, -0.15) is 0 Å². The first-order valence-corrected chi connectivity index (χ1v) is 6.04. The van der Waals surface area contributed by atoms with E-state index < -0.39 is 0 Å². The molecule has 0 aliphatic heterocycles. The van der Waals surface area contributed by atoms with Gasteiger partial charge in [0.2, 0.25) is 0 Å². The number of hydrogen-bond donors (Lipinski definition) is 3. The maximum absolute atomic E-state index is 11.8. The Bertz CT molecular complexity index is 381. The molecule has 0 aromatic carbocycles. The molecule has 5 heteroatoms. The van der Waals surface area contributed by atoms with Crippen LogP contribution in [0.3, 0.4) is 0 Å². The summed E-state index contributed by atoms with van der Waals surface area (Å²) >= 11 is 0. The normalized spacial score (nSPS) is 24.6. The highest BCUT2D eigenvalue weighted by atomic mass is 16.4. The van der Waals surface area contributed by atoms with E-state index in [0.717, 1.165) is 25.7 Å². The van der Waals surface area contributed by atoms with Gasteiger partial charge in [-0.05, 0) is 37.8 Å². The minimum Gasteiger partial charge on any atom is -0.455 e. The second-order valence-electron chi connectivity index (χ2n) is 4.56. The molecule has 0 saturated heterocycles. The third kappa shape index (κ3) is 3.08. The lowest BCUT2D eigenvalue weighted by Gasteiger charge is -2.26. The highest BCUT2D eigenvalue weighted by Gasteiger charge is 2.21. The van der Waals surface area contributed by atoms with E-state index in [1.807, 2.05) is 0 Å². The van der Waals surface area contributed by atoms with Crippen LogP contribution in [-0.4, -0.2) is 18.0 Å². The first-order valence-electron chi connectivity index (χ1n) is 6.04. The number of carbonyl (C=O) groups excluding carboxylic acids is 1. The van der Waals surface area contributed by atoms with Crippen molar-refractivity contribution in [2.24, 2.45) is 11.5 Å². The van der Waals surface area contributed by atoms with Crippen molar-refractivity contribution in [2.45, 2.75) is 44.3 Å². The van der Waals surface area contributed by atoms with Crippen molar-refractivity contribution in [3.05, 3.63) is 23.7 Å². The summed E-state index contributed by atoms with van der Waals surface area (Å²) in [5.41, 5.74) is 11.2. The molecule has 1 heterocycles. The van der Waals surface area contributed by atoms with E-state index in [2.05, 4.69) is 5.32 Å². The molecular formula is C12H19N3O2. The van der Waals surface area contributed by atoms with Crippen molar-refractivity contribution in [3.63, 3.8) is 0 Å². The Labute approximate surface area is 101 Å². The fraction of sp³-hybridized carbons (Fsp3) is 0.583. The first-order chi connectivity index (χ1) is 8.19. The van der Waals surface area contributed by atoms with Gasteiger partial charge in [0, 0.05) is 12.1 Å². The van der Waals surface area contributed by atoms with Crippen LogP contribution in [0.4, 0.5) is 0 Å². The summed E-state index contributed by atoms with van der Waals surface area (Å²) in [5.74, 6) is 0.798. The quantitative estimate of drug-likeness (QED) is 0.722. The fourth-order valence-corrected chi connectivity index (χ4v) is 2.13. The second-order valence-corrected chi connectivity index (χ2v) is 4.56. The predicted molar refractivity (Wildman–Crippen MR) is 64.3 cm³/mol. The third-order valence-corrected chi connectivity index (χ3v) is 3.19. The molecule has 0 unspecified atom stereocenters. The van der Waals surface area contributed by atoms with Crippen LogP contribution in [0.5, 0.6) is 0 Å². The van der Waals surface area contributed by atoms with Crippen LogP contribution in [0.25, 0.3) is 0 Å². The van der Waals surface area contributed by atoms with Gasteiger partial charge in [0.05, 0.1) is 6.54 Å². The van der Waals surface area contributed by atoms with E-state index in [4.69, 9.17) is 15.9 Å². The topological polar surface area (TPSA) is 94.3 Å². The molecule has 1 aromatic rings. The molecule has 5 N–H and O–H groups in total. The Morgan fingerprint density at radius 2 is 2.06 bits per heavy atom. The molecule has 1 aromatic heterocycles. The van der Waals surface area contributed by atoms with E-state index in [0.29, 0.717) is 18.1 Å². The Kier molecular flexibility index (Phi) is 3.81. The Morgan fingerprint density at radius 1 is 1.35 bits per heavy atom. The molecule has 0 atom stereocenters. The largest absolute Gasteiger partial charge is 0.455 e. The van der Waals surface area contributed by atoms with Crippen LogP contribution >= 0.6 is 0 Å². The van der Waals surface area contributed by atoms with Crippen molar-refractivity contribution in [3.8, 4) is 0 Å². The SMILES string of the molecule is NCc1ccc(C(=O)NC2CCC(N)CC2)o1. The van der Waals surface area contributed by atoms with Gasteiger partial charge in [-0.3, -0.25) is 4.79 Å². The molecule has 0 spiro atoms. The minimum atomic E-state index is -0.162. The summed E-state index contributed by atoms with van der Waals surface area (Å²) < 4.78 is 5.30. The zero-order chi connectivity index (χ0) is 12.3. The highest BCUT2D eigenvalue weighted by Crippen LogP contribution is 2.17. The van der Waals surface area contributed by atoms with Crippen LogP contribution in [-0.2, 0) is 6.54 Å². The number of rotatable bonds is 3. The zero-order valence-corrected chi connectivity index (χ0v) is 9.82. The van der Waals surface area contributed by atoms with E-state index in [-0.39, 0.29) is 18.0 Å². The molecule has 5 nitrogen and oxygen atoms in total. The van der Waals surface area contributed by atoms with Gasteiger partial charge in [-0.25, -0.2) is 0 Å². The molecular weight excluding hydrogens is 218 g/mol. The summed E-state index contributed by atoms with van der Waals surface area (Å²) in [7, 11) is 0. The molecule has 0 radical (unpaired) electrons. The lowest BCUT2D eigenvalue weighted by molar-refractivity contribution is 0.0896. The van der Waals surface area contributed by atoms with Crippen LogP contribution in [0.2, 0.25) is 0 Å². The third-order valence-electron chi connectivity index (χ3n) is 3.19. The molecule has 1 aliphatic rings. The van der Waals surface area contributed by atoms with Crippen molar-refractivity contribution >= 4 is 5.91 Å². The predicted octanol–water partition coefficient (Wildman–Crippen LogP) is 0.738. The second kappa shape index (κ2) is 5.33. The van der Waals surface area contributed by atoms with Gasteiger partial charge < -0.3 is 21.2 Å². The molecule has 1 fully saturated rings.